The molecule has 2 heterocycles. The molecule has 2 N–H and O–H groups in total. The average Bonchev–Trinajstić information content (AvgIpc) is 3.05. The van der Waals surface area contributed by atoms with Crippen molar-refractivity contribution in [3.05, 3.63) is 53.7 Å². The molecule has 1 aliphatic rings. The number of benzene rings is 2. The number of rotatable bonds is 4. The molecule has 3 aromatic rings. The lowest BCUT2D eigenvalue weighted by Gasteiger charge is -2.15. The lowest BCUT2D eigenvalue weighted by atomic mass is 9.99. The average molecular weight is 346 g/mol. The zero-order valence-electron chi connectivity index (χ0n) is 15.8. The van der Waals surface area contributed by atoms with Crippen molar-refractivity contribution in [1.82, 2.24) is 9.88 Å². The van der Waals surface area contributed by atoms with E-state index in [4.69, 9.17) is 10.7 Å². The van der Waals surface area contributed by atoms with Crippen LogP contribution >= 0.6 is 0 Å². The lowest BCUT2D eigenvalue weighted by Crippen LogP contribution is -2.16. The fourth-order valence-corrected chi connectivity index (χ4v) is 3.86. The van der Waals surface area contributed by atoms with E-state index >= 15 is 0 Å². The molecule has 1 aliphatic heterocycles. The summed E-state index contributed by atoms with van der Waals surface area (Å²) in [6.07, 6.45) is 1.15. The zero-order valence-corrected chi connectivity index (χ0v) is 15.8. The normalized spacial score (nSPS) is 14.0. The summed E-state index contributed by atoms with van der Waals surface area (Å²) in [4.78, 5) is 9.62. The summed E-state index contributed by atoms with van der Waals surface area (Å²) in [7, 11) is 4.13. The van der Waals surface area contributed by atoms with Crippen LogP contribution in [0, 0.1) is 0 Å². The van der Waals surface area contributed by atoms with Crippen LogP contribution in [-0.4, -0.2) is 30.5 Å². The Bertz CT molecular complexity index is 962. The number of pyridine rings is 1. The smallest absolute Gasteiger partial charge is 0.0805 e. The number of aromatic nitrogens is 1. The minimum absolute atomic E-state index is 0.897. The third-order valence-electron chi connectivity index (χ3n) is 5.21. The number of nitrogen functional groups attached to an aromatic ring is 1. The zero-order chi connectivity index (χ0) is 18.3. The van der Waals surface area contributed by atoms with Gasteiger partial charge in [-0.25, -0.2) is 0 Å². The molecule has 0 atom stereocenters. The van der Waals surface area contributed by atoms with Gasteiger partial charge in [0.2, 0.25) is 0 Å². The molecule has 0 bridgehead atoms. The van der Waals surface area contributed by atoms with Gasteiger partial charge in [-0.05, 0) is 30.7 Å². The van der Waals surface area contributed by atoms with Crippen molar-refractivity contribution in [2.45, 2.75) is 26.4 Å². The highest BCUT2D eigenvalue weighted by Gasteiger charge is 2.24. The first-order valence-electron chi connectivity index (χ1n) is 9.28. The highest BCUT2D eigenvalue weighted by atomic mass is 15.2. The Balaban J connectivity index is 1.87. The van der Waals surface area contributed by atoms with Gasteiger partial charge in [-0.3, -0.25) is 9.88 Å². The molecule has 2 aromatic carbocycles. The highest BCUT2D eigenvalue weighted by Crippen LogP contribution is 2.37. The standard InChI is InChI=1S/C22H26N4/c1-4-11-26-13-19-20(14-26)24-22-17(9-6-10-18(22)21(19)23)15-7-5-8-16(12-15)25(2)3/h5-10,12H,4,11,13-14H2,1-3H3,(H2,23,24). The summed E-state index contributed by atoms with van der Waals surface area (Å²) in [5.74, 6) is 0. The van der Waals surface area contributed by atoms with Crippen LogP contribution in [0.5, 0.6) is 0 Å². The van der Waals surface area contributed by atoms with Crippen LogP contribution in [0.2, 0.25) is 0 Å². The summed E-state index contributed by atoms with van der Waals surface area (Å²) in [6.45, 7) is 5.11. The molecular formula is C22H26N4. The van der Waals surface area contributed by atoms with Gasteiger partial charge in [-0.1, -0.05) is 37.3 Å². The summed E-state index contributed by atoms with van der Waals surface area (Å²) < 4.78 is 0. The van der Waals surface area contributed by atoms with E-state index in [9.17, 15) is 0 Å². The quantitative estimate of drug-likeness (QED) is 0.766. The van der Waals surface area contributed by atoms with Crippen molar-refractivity contribution >= 4 is 22.3 Å². The van der Waals surface area contributed by atoms with E-state index in [1.165, 1.54) is 16.8 Å². The van der Waals surface area contributed by atoms with Crippen LogP contribution < -0.4 is 10.6 Å². The fraction of sp³-hybridized carbons (Fsp3) is 0.318. The highest BCUT2D eigenvalue weighted by molar-refractivity contribution is 6.01. The minimum atomic E-state index is 0.897. The van der Waals surface area contributed by atoms with Crippen molar-refractivity contribution in [1.29, 1.82) is 0 Å². The van der Waals surface area contributed by atoms with Crippen LogP contribution in [0.4, 0.5) is 11.4 Å². The molecule has 0 saturated heterocycles. The SMILES string of the molecule is CCCN1Cc2nc3c(-c4cccc(N(C)C)c4)cccc3c(N)c2C1. The molecule has 134 valence electrons. The Morgan fingerprint density at radius 2 is 1.92 bits per heavy atom. The summed E-state index contributed by atoms with van der Waals surface area (Å²) in [5.41, 5.74) is 14.3. The van der Waals surface area contributed by atoms with Crippen molar-refractivity contribution in [3.63, 3.8) is 0 Å². The van der Waals surface area contributed by atoms with Crippen LogP contribution in [0.1, 0.15) is 24.6 Å². The first-order valence-corrected chi connectivity index (χ1v) is 9.28. The number of hydrogen-bond acceptors (Lipinski definition) is 4. The third-order valence-corrected chi connectivity index (χ3v) is 5.21. The minimum Gasteiger partial charge on any atom is -0.398 e. The van der Waals surface area contributed by atoms with Crippen LogP contribution in [0.25, 0.3) is 22.0 Å². The van der Waals surface area contributed by atoms with E-state index in [2.05, 4.69) is 73.3 Å². The molecular weight excluding hydrogens is 320 g/mol. The molecule has 0 spiro atoms. The molecule has 0 radical (unpaired) electrons. The predicted octanol–water partition coefficient (Wildman–Crippen LogP) is 4.28. The number of anilines is 2. The van der Waals surface area contributed by atoms with Crippen molar-refractivity contribution in [2.75, 3.05) is 31.3 Å². The van der Waals surface area contributed by atoms with Crippen molar-refractivity contribution < 1.29 is 0 Å². The Morgan fingerprint density at radius 3 is 2.69 bits per heavy atom. The molecule has 0 amide bonds. The maximum Gasteiger partial charge on any atom is 0.0805 e. The Labute approximate surface area is 155 Å². The van der Waals surface area contributed by atoms with Gasteiger partial charge in [0.15, 0.2) is 0 Å². The molecule has 4 nitrogen and oxygen atoms in total. The van der Waals surface area contributed by atoms with Crippen molar-refractivity contribution in [2.24, 2.45) is 0 Å². The van der Waals surface area contributed by atoms with Gasteiger partial charge in [0.1, 0.15) is 0 Å². The number of hydrogen-bond donors (Lipinski definition) is 1. The second kappa shape index (κ2) is 6.61. The Kier molecular flexibility index (Phi) is 4.29. The van der Waals surface area contributed by atoms with E-state index in [1.54, 1.807) is 0 Å². The summed E-state index contributed by atoms with van der Waals surface area (Å²) in [5, 5.41) is 1.06. The van der Waals surface area contributed by atoms with Gasteiger partial charge in [-0.2, -0.15) is 0 Å². The van der Waals surface area contributed by atoms with E-state index in [0.29, 0.717) is 0 Å². The number of nitrogens with two attached hydrogens (primary N) is 1. The predicted molar refractivity (Wildman–Crippen MR) is 110 cm³/mol. The topological polar surface area (TPSA) is 45.4 Å². The second-order valence-electron chi connectivity index (χ2n) is 7.31. The number of nitrogens with zero attached hydrogens (tertiary/aromatic N) is 3. The van der Waals surface area contributed by atoms with Crippen LogP contribution in [-0.2, 0) is 13.1 Å². The third kappa shape index (κ3) is 2.80. The molecule has 0 fully saturated rings. The monoisotopic (exact) mass is 346 g/mol. The van der Waals surface area contributed by atoms with Gasteiger partial charge >= 0.3 is 0 Å². The Morgan fingerprint density at radius 1 is 1.12 bits per heavy atom. The number of para-hydroxylation sites is 1. The van der Waals surface area contributed by atoms with Gasteiger partial charge in [0.05, 0.1) is 11.2 Å². The van der Waals surface area contributed by atoms with E-state index in [0.717, 1.165) is 53.9 Å². The first-order chi connectivity index (χ1) is 12.6. The second-order valence-corrected chi connectivity index (χ2v) is 7.31. The van der Waals surface area contributed by atoms with E-state index < -0.39 is 0 Å². The molecule has 4 heteroatoms. The van der Waals surface area contributed by atoms with Crippen LogP contribution in [0.3, 0.4) is 0 Å². The van der Waals surface area contributed by atoms with E-state index in [-0.39, 0.29) is 0 Å². The molecule has 26 heavy (non-hydrogen) atoms. The largest absolute Gasteiger partial charge is 0.398 e. The van der Waals surface area contributed by atoms with Gasteiger partial charge < -0.3 is 10.6 Å². The summed E-state index contributed by atoms with van der Waals surface area (Å²) in [6, 6.07) is 14.9. The van der Waals surface area contributed by atoms with E-state index in [1.807, 2.05) is 0 Å². The molecule has 0 unspecified atom stereocenters. The molecule has 4 rings (SSSR count). The molecule has 1 aromatic heterocycles. The first kappa shape index (κ1) is 16.9. The van der Waals surface area contributed by atoms with Gasteiger partial charge in [-0.15, -0.1) is 0 Å². The summed E-state index contributed by atoms with van der Waals surface area (Å²) >= 11 is 0. The Hall–Kier alpha value is -2.59. The van der Waals surface area contributed by atoms with Crippen LogP contribution in [0.15, 0.2) is 42.5 Å². The fourth-order valence-electron chi connectivity index (χ4n) is 3.86. The van der Waals surface area contributed by atoms with Gasteiger partial charge in [0.25, 0.3) is 0 Å². The van der Waals surface area contributed by atoms with Crippen molar-refractivity contribution in [3.8, 4) is 11.1 Å². The maximum absolute atomic E-state index is 6.58. The van der Waals surface area contributed by atoms with Gasteiger partial charge in [0, 0.05) is 55.1 Å². The maximum atomic E-state index is 6.58. The lowest BCUT2D eigenvalue weighted by molar-refractivity contribution is 0.283. The molecule has 0 saturated carbocycles. The molecule has 0 aliphatic carbocycles. The number of fused-ring (bicyclic) bond motifs is 2.